The topological polar surface area (TPSA) is 66.4 Å². The van der Waals surface area contributed by atoms with Gasteiger partial charge in [0.05, 0.1) is 5.52 Å². The first-order valence-corrected chi connectivity index (χ1v) is 10.9. The molecule has 1 aliphatic heterocycles. The predicted octanol–water partition coefficient (Wildman–Crippen LogP) is 3.10. The Kier molecular flexibility index (Phi) is 5.33. The number of aromatic nitrogens is 2. The Morgan fingerprint density at radius 3 is 2.54 bits per heavy atom. The van der Waals surface area contributed by atoms with Crippen molar-refractivity contribution >= 4 is 32.5 Å². The lowest BCUT2D eigenvalue weighted by molar-refractivity contribution is 0.181. The molecule has 0 N–H and O–H groups in total. The molecule has 4 rings (SSSR count). The van der Waals surface area contributed by atoms with E-state index in [1.54, 1.807) is 34.9 Å². The minimum Gasteiger partial charge on any atom is -0.296 e. The van der Waals surface area contributed by atoms with Gasteiger partial charge in [-0.25, -0.2) is 13.4 Å². The molecule has 0 spiro atoms. The van der Waals surface area contributed by atoms with Crippen LogP contribution in [0, 0.1) is 6.92 Å². The van der Waals surface area contributed by atoms with Crippen molar-refractivity contribution in [3.8, 4) is 0 Å². The maximum Gasteiger partial charge on any atom is 0.245 e. The molecule has 3 aromatic rings. The third kappa shape index (κ3) is 3.89. The summed E-state index contributed by atoms with van der Waals surface area (Å²) in [6.45, 7) is 4.91. The van der Waals surface area contributed by atoms with Crippen LogP contribution in [0.15, 0.2) is 53.7 Å². The molecule has 3 heterocycles. The highest BCUT2D eigenvalue weighted by Gasteiger charge is 2.30. The largest absolute Gasteiger partial charge is 0.296 e. The number of benzene rings is 1. The zero-order chi connectivity index (χ0) is 19.7. The van der Waals surface area contributed by atoms with Gasteiger partial charge in [-0.15, -0.1) is 0 Å². The monoisotopic (exact) mass is 416 g/mol. The maximum absolute atomic E-state index is 13.2. The molecule has 0 atom stereocenters. The molecule has 0 radical (unpaired) electrons. The molecule has 1 aromatic carbocycles. The summed E-state index contributed by atoms with van der Waals surface area (Å²) < 4.78 is 28.0. The number of piperazine rings is 1. The highest BCUT2D eigenvalue weighted by molar-refractivity contribution is 7.89. The number of sulfonamides is 1. The molecule has 0 aliphatic carbocycles. The zero-order valence-electron chi connectivity index (χ0n) is 15.5. The van der Waals surface area contributed by atoms with Crippen LogP contribution in [0.2, 0.25) is 5.15 Å². The first-order chi connectivity index (χ1) is 13.4. The summed E-state index contributed by atoms with van der Waals surface area (Å²) >= 11 is 5.83. The summed E-state index contributed by atoms with van der Waals surface area (Å²) in [6, 6.07) is 11.0. The summed E-state index contributed by atoms with van der Waals surface area (Å²) in [5.74, 6) is 0. The second-order valence-corrected chi connectivity index (χ2v) is 9.30. The minimum absolute atomic E-state index is 0.278. The van der Waals surface area contributed by atoms with Gasteiger partial charge in [0.15, 0.2) is 0 Å². The first kappa shape index (κ1) is 19.3. The number of aryl methyl sites for hydroxylation is 1. The molecule has 0 amide bonds. The summed E-state index contributed by atoms with van der Waals surface area (Å²) in [6.07, 6.45) is 3.47. The van der Waals surface area contributed by atoms with Gasteiger partial charge >= 0.3 is 0 Å². The van der Waals surface area contributed by atoms with E-state index in [4.69, 9.17) is 11.6 Å². The molecule has 1 aliphatic rings. The molecule has 6 nitrogen and oxygen atoms in total. The number of hydrogen-bond donors (Lipinski definition) is 0. The lowest BCUT2D eigenvalue weighted by Crippen LogP contribution is -2.48. The molecule has 0 saturated carbocycles. The van der Waals surface area contributed by atoms with Crippen LogP contribution in [-0.4, -0.2) is 53.8 Å². The van der Waals surface area contributed by atoms with Gasteiger partial charge in [0.2, 0.25) is 10.0 Å². The first-order valence-electron chi connectivity index (χ1n) is 9.12. The van der Waals surface area contributed by atoms with Crippen molar-refractivity contribution in [3.05, 3.63) is 65.1 Å². The minimum atomic E-state index is -3.59. The van der Waals surface area contributed by atoms with Crippen LogP contribution >= 0.6 is 11.6 Å². The second kappa shape index (κ2) is 7.75. The Bertz CT molecular complexity index is 1090. The molecule has 8 heteroatoms. The number of hydrogen-bond acceptors (Lipinski definition) is 5. The second-order valence-electron chi connectivity index (χ2n) is 7.01. The van der Waals surface area contributed by atoms with Crippen LogP contribution in [0.1, 0.15) is 11.1 Å². The Morgan fingerprint density at radius 1 is 1.04 bits per heavy atom. The number of para-hydroxylation sites is 1. The predicted molar refractivity (Wildman–Crippen MR) is 110 cm³/mol. The lowest BCUT2D eigenvalue weighted by atomic mass is 10.2. The zero-order valence-corrected chi connectivity index (χ0v) is 17.1. The van der Waals surface area contributed by atoms with Gasteiger partial charge < -0.3 is 0 Å². The van der Waals surface area contributed by atoms with Gasteiger partial charge in [0.25, 0.3) is 0 Å². The molecule has 2 aromatic heterocycles. The van der Waals surface area contributed by atoms with Gasteiger partial charge in [-0.1, -0.05) is 29.8 Å². The van der Waals surface area contributed by atoms with Gasteiger partial charge in [-0.2, -0.15) is 4.31 Å². The van der Waals surface area contributed by atoms with E-state index in [0.29, 0.717) is 36.8 Å². The molecule has 1 fully saturated rings. The van der Waals surface area contributed by atoms with Crippen molar-refractivity contribution < 1.29 is 8.42 Å². The fraction of sp³-hybridized carbons (Fsp3) is 0.300. The van der Waals surface area contributed by atoms with E-state index in [1.807, 2.05) is 25.1 Å². The van der Waals surface area contributed by atoms with Crippen LogP contribution in [0.5, 0.6) is 0 Å². The highest BCUT2D eigenvalue weighted by Crippen LogP contribution is 2.25. The number of nitrogens with zero attached hydrogens (tertiary/aromatic N) is 4. The fourth-order valence-corrected chi connectivity index (χ4v) is 5.18. The van der Waals surface area contributed by atoms with E-state index >= 15 is 0 Å². The average Bonchev–Trinajstić information content (AvgIpc) is 2.69. The number of pyridine rings is 2. The van der Waals surface area contributed by atoms with Crippen molar-refractivity contribution in [1.82, 2.24) is 19.2 Å². The molecular formula is C20H21ClN4O2S. The van der Waals surface area contributed by atoms with E-state index in [2.05, 4.69) is 14.9 Å². The van der Waals surface area contributed by atoms with Crippen molar-refractivity contribution in [1.29, 1.82) is 0 Å². The van der Waals surface area contributed by atoms with Crippen LogP contribution in [0.25, 0.3) is 10.9 Å². The Balaban J connectivity index is 1.50. The highest BCUT2D eigenvalue weighted by atomic mass is 35.5. The van der Waals surface area contributed by atoms with E-state index < -0.39 is 10.0 Å². The SMILES string of the molecule is Cc1cnc2c(S(=O)(=O)N3CCN(Cc4ccc(Cl)nc4)CC3)cccc2c1. The van der Waals surface area contributed by atoms with Crippen molar-refractivity contribution in [2.75, 3.05) is 26.2 Å². The molecule has 0 bridgehead atoms. The van der Waals surface area contributed by atoms with Crippen molar-refractivity contribution in [3.63, 3.8) is 0 Å². The Hall–Kier alpha value is -2.06. The van der Waals surface area contributed by atoms with Crippen LogP contribution in [0.4, 0.5) is 0 Å². The van der Waals surface area contributed by atoms with Gasteiger partial charge in [0, 0.05) is 50.5 Å². The number of halogens is 1. The third-order valence-corrected chi connectivity index (χ3v) is 7.11. The number of rotatable bonds is 4. The fourth-order valence-electron chi connectivity index (χ4n) is 3.48. The molecule has 1 saturated heterocycles. The van der Waals surface area contributed by atoms with Crippen LogP contribution in [-0.2, 0) is 16.6 Å². The average molecular weight is 417 g/mol. The van der Waals surface area contributed by atoms with E-state index in [1.165, 1.54) is 0 Å². The lowest BCUT2D eigenvalue weighted by Gasteiger charge is -2.34. The summed E-state index contributed by atoms with van der Waals surface area (Å²) in [7, 11) is -3.59. The quantitative estimate of drug-likeness (QED) is 0.611. The van der Waals surface area contributed by atoms with Gasteiger partial charge in [0.1, 0.15) is 10.0 Å². The van der Waals surface area contributed by atoms with Crippen molar-refractivity contribution in [2.24, 2.45) is 0 Å². The van der Waals surface area contributed by atoms with Crippen LogP contribution in [0.3, 0.4) is 0 Å². The molecule has 146 valence electrons. The number of fused-ring (bicyclic) bond motifs is 1. The Labute approximate surface area is 169 Å². The maximum atomic E-state index is 13.2. The Morgan fingerprint density at radius 2 is 1.82 bits per heavy atom. The summed E-state index contributed by atoms with van der Waals surface area (Å²) in [5.41, 5.74) is 2.60. The summed E-state index contributed by atoms with van der Waals surface area (Å²) in [4.78, 5) is 11.0. The standard InChI is InChI=1S/C20H21ClN4O2S/c1-15-11-17-3-2-4-18(20(17)23-12-15)28(26,27)25-9-7-24(8-10-25)14-16-5-6-19(21)22-13-16/h2-6,11-13H,7-10,14H2,1H3. The molecular weight excluding hydrogens is 396 g/mol. The molecule has 28 heavy (non-hydrogen) atoms. The van der Waals surface area contributed by atoms with Gasteiger partial charge in [-0.3, -0.25) is 9.88 Å². The normalized spacial score (nSPS) is 16.5. The van der Waals surface area contributed by atoms with E-state index in [-0.39, 0.29) is 4.90 Å². The van der Waals surface area contributed by atoms with Crippen LogP contribution < -0.4 is 0 Å². The van der Waals surface area contributed by atoms with E-state index in [0.717, 1.165) is 23.1 Å². The van der Waals surface area contributed by atoms with Crippen molar-refractivity contribution in [2.45, 2.75) is 18.4 Å². The van der Waals surface area contributed by atoms with Gasteiger partial charge in [-0.05, 0) is 36.2 Å². The smallest absolute Gasteiger partial charge is 0.245 e. The third-order valence-electron chi connectivity index (χ3n) is 4.95. The summed E-state index contributed by atoms with van der Waals surface area (Å²) in [5, 5.41) is 1.31. The van der Waals surface area contributed by atoms with E-state index in [9.17, 15) is 8.42 Å². The molecule has 0 unspecified atom stereocenters.